The van der Waals surface area contributed by atoms with Crippen LogP contribution in [-0.2, 0) is 0 Å². The minimum Gasteiger partial charge on any atom is -0.314 e. The van der Waals surface area contributed by atoms with Crippen molar-refractivity contribution in [1.29, 1.82) is 0 Å². The zero-order valence-electron chi connectivity index (χ0n) is 12.5. The molecule has 0 amide bonds. The van der Waals surface area contributed by atoms with Crippen LogP contribution in [0.5, 0.6) is 0 Å². The molecule has 2 rings (SSSR count). The quantitative estimate of drug-likeness (QED) is 0.780. The van der Waals surface area contributed by atoms with E-state index in [1.807, 2.05) is 0 Å². The van der Waals surface area contributed by atoms with E-state index in [-0.39, 0.29) is 0 Å². The Hall–Kier alpha value is -0.0800. The van der Waals surface area contributed by atoms with Crippen LogP contribution in [0, 0.1) is 11.8 Å². The average Bonchev–Trinajstić information content (AvgIpc) is 2.83. The Bertz CT molecular complexity index is 221. The molecule has 0 aromatic carbocycles. The molecule has 1 N–H and O–H groups in total. The van der Waals surface area contributed by atoms with Gasteiger partial charge in [0, 0.05) is 12.6 Å². The standard InChI is InChI=1S/C16H32N2/c1-14(2)17-12-16-9-11-18(13-16)10-8-15-6-4-3-5-7-15/h14-17H,3-13H2,1-2H3. The van der Waals surface area contributed by atoms with Gasteiger partial charge in [0.25, 0.3) is 0 Å². The zero-order chi connectivity index (χ0) is 12.8. The summed E-state index contributed by atoms with van der Waals surface area (Å²) in [5.41, 5.74) is 0. The smallest absolute Gasteiger partial charge is 0.00223 e. The predicted octanol–water partition coefficient (Wildman–Crippen LogP) is 3.28. The van der Waals surface area contributed by atoms with Crippen LogP contribution in [0.3, 0.4) is 0 Å². The molecule has 18 heavy (non-hydrogen) atoms. The molecule has 2 nitrogen and oxygen atoms in total. The first kappa shape index (κ1) is 14.3. The maximum atomic E-state index is 3.59. The van der Waals surface area contributed by atoms with Gasteiger partial charge in [0.2, 0.25) is 0 Å². The Kier molecular flexibility index (Phi) is 5.97. The molecular formula is C16H32N2. The lowest BCUT2D eigenvalue weighted by atomic mass is 9.87. The van der Waals surface area contributed by atoms with E-state index in [0.717, 1.165) is 11.8 Å². The number of rotatable bonds is 6. The number of nitrogens with one attached hydrogen (secondary N) is 1. The van der Waals surface area contributed by atoms with E-state index in [4.69, 9.17) is 0 Å². The summed E-state index contributed by atoms with van der Waals surface area (Å²) in [5.74, 6) is 1.95. The summed E-state index contributed by atoms with van der Waals surface area (Å²) in [5, 5.41) is 3.59. The van der Waals surface area contributed by atoms with Gasteiger partial charge >= 0.3 is 0 Å². The molecule has 1 aliphatic carbocycles. The highest BCUT2D eigenvalue weighted by Gasteiger charge is 2.23. The minimum atomic E-state index is 0.640. The van der Waals surface area contributed by atoms with Crippen molar-refractivity contribution < 1.29 is 0 Å². The van der Waals surface area contributed by atoms with Gasteiger partial charge in [-0.1, -0.05) is 46.0 Å². The Morgan fingerprint density at radius 1 is 1.06 bits per heavy atom. The summed E-state index contributed by atoms with van der Waals surface area (Å²) in [7, 11) is 0. The van der Waals surface area contributed by atoms with Crippen molar-refractivity contribution in [2.24, 2.45) is 11.8 Å². The summed E-state index contributed by atoms with van der Waals surface area (Å²) in [6.07, 6.45) is 10.4. The van der Waals surface area contributed by atoms with Crippen molar-refractivity contribution in [2.45, 2.75) is 64.8 Å². The molecule has 2 aliphatic rings. The molecule has 1 atom stereocenters. The summed E-state index contributed by atoms with van der Waals surface area (Å²) >= 11 is 0. The lowest BCUT2D eigenvalue weighted by Crippen LogP contribution is -2.31. The fourth-order valence-electron chi connectivity index (χ4n) is 3.53. The zero-order valence-corrected chi connectivity index (χ0v) is 12.5. The lowest BCUT2D eigenvalue weighted by Gasteiger charge is -2.24. The highest BCUT2D eigenvalue weighted by Crippen LogP contribution is 2.27. The van der Waals surface area contributed by atoms with E-state index in [0.29, 0.717) is 6.04 Å². The van der Waals surface area contributed by atoms with Crippen molar-refractivity contribution in [3.63, 3.8) is 0 Å². The third-order valence-corrected chi connectivity index (χ3v) is 4.76. The second-order valence-corrected chi connectivity index (χ2v) is 6.81. The fourth-order valence-corrected chi connectivity index (χ4v) is 3.53. The van der Waals surface area contributed by atoms with Crippen LogP contribution in [0.15, 0.2) is 0 Å². The molecule has 1 saturated carbocycles. The number of hydrogen-bond donors (Lipinski definition) is 1. The van der Waals surface area contributed by atoms with Crippen molar-refractivity contribution in [3.8, 4) is 0 Å². The van der Waals surface area contributed by atoms with Gasteiger partial charge in [-0.3, -0.25) is 0 Å². The highest BCUT2D eigenvalue weighted by molar-refractivity contribution is 4.78. The fraction of sp³-hybridized carbons (Fsp3) is 1.00. The molecule has 1 saturated heterocycles. The van der Waals surface area contributed by atoms with E-state index >= 15 is 0 Å². The molecule has 106 valence electrons. The molecule has 0 radical (unpaired) electrons. The molecule has 0 bridgehead atoms. The summed E-state index contributed by atoms with van der Waals surface area (Å²) in [6.45, 7) is 9.76. The molecule has 1 unspecified atom stereocenters. The van der Waals surface area contributed by atoms with E-state index in [2.05, 4.69) is 24.1 Å². The van der Waals surface area contributed by atoms with Crippen LogP contribution in [0.25, 0.3) is 0 Å². The Labute approximate surface area is 114 Å². The first-order valence-corrected chi connectivity index (χ1v) is 8.20. The Balaban J connectivity index is 1.57. The predicted molar refractivity (Wildman–Crippen MR) is 78.9 cm³/mol. The van der Waals surface area contributed by atoms with Crippen LogP contribution >= 0.6 is 0 Å². The SMILES string of the molecule is CC(C)NCC1CCN(CCC2CCCCC2)C1. The first-order chi connectivity index (χ1) is 8.74. The second-order valence-electron chi connectivity index (χ2n) is 6.81. The normalized spacial score (nSPS) is 27.2. The largest absolute Gasteiger partial charge is 0.314 e. The maximum absolute atomic E-state index is 3.59. The third-order valence-electron chi connectivity index (χ3n) is 4.76. The monoisotopic (exact) mass is 252 g/mol. The van der Waals surface area contributed by atoms with Crippen molar-refractivity contribution in [2.75, 3.05) is 26.2 Å². The lowest BCUT2D eigenvalue weighted by molar-refractivity contribution is 0.259. The van der Waals surface area contributed by atoms with E-state index in [9.17, 15) is 0 Å². The van der Waals surface area contributed by atoms with Crippen LogP contribution in [0.4, 0.5) is 0 Å². The molecule has 1 heterocycles. The highest BCUT2D eigenvalue weighted by atomic mass is 15.1. The molecule has 0 aromatic heterocycles. The van der Waals surface area contributed by atoms with Crippen LogP contribution in [0.1, 0.15) is 58.8 Å². The summed E-state index contributed by atoms with van der Waals surface area (Å²) in [4.78, 5) is 2.71. The van der Waals surface area contributed by atoms with Gasteiger partial charge in [-0.25, -0.2) is 0 Å². The van der Waals surface area contributed by atoms with Gasteiger partial charge in [-0.05, 0) is 44.3 Å². The Morgan fingerprint density at radius 3 is 2.56 bits per heavy atom. The van der Waals surface area contributed by atoms with Crippen LogP contribution in [-0.4, -0.2) is 37.1 Å². The number of likely N-dealkylation sites (tertiary alicyclic amines) is 1. The summed E-state index contributed by atoms with van der Waals surface area (Å²) in [6, 6.07) is 0.640. The van der Waals surface area contributed by atoms with Gasteiger partial charge in [-0.15, -0.1) is 0 Å². The molecule has 1 aliphatic heterocycles. The maximum Gasteiger partial charge on any atom is 0.00223 e. The van der Waals surface area contributed by atoms with Crippen molar-refractivity contribution >= 4 is 0 Å². The van der Waals surface area contributed by atoms with Gasteiger partial charge in [0.05, 0.1) is 0 Å². The molecule has 0 spiro atoms. The number of hydrogen-bond acceptors (Lipinski definition) is 2. The minimum absolute atomic E-state index is 0.640. The van der Waals surface area contributed by atoms with Crippen molar-refractivity contribution in [1.82, 2.24) is 10.2 Å². The average molecular weight is 252 g/mol. The third kappa shape index (κ3) is 4.89. The molecular weight excluding hydrogens is 220 g/mol. The molecule has 0 aromatic rings. The van der Waals surface area contributed by atoms with E-state index < -0.39 is 0 Å². The van der Waals surface area contributed by atoms with E-state index in [1.54, 1.807) is 0 Å². The van der Waals surface area contributed by atoms with Crippen molar-refractivity contribution in [3.05, 3.63) is 0 Å². The molecule has 2 heteroatoms. The second kappa shape index (κ2) is 7.49. The van der Waals surface area contributed by atoms with Gasteiger partial charge in [0.1, 0.15) is 0 Å². The first-order valence-electron chi connectivity index (χ1n) is 8.20. The van der Waals surface area contributed by atoms with Crippen LogP contribution in [0.2, 0.25) is 0 Å². The summed E-state index contributed by atoms with van der Waals surface area (Å²) < 4.78 is 0. The van der Waals surface area contributed by atoms with Gasteiger partial charge in [0.15, 0.2) is 0 Å². The van der Waals surface area contributed by atoms with Gasteiger partial charge in [-0.2, -0.15) is 0 Å². The van der Waals surface area contributed by atoms with E-state index in [1.165, 1.54) is 71.1 Å². The van der Waals surface area contributed by atoms with Gasteiger partial charge < -0.3 is 10.2 Å². The van der Waals surface area contributed by atoms with Crippen LogP contribution < -0.4 is 5.32 Å². The molecule has 2 fully saturated rings. The number of nitrogens with zero attached hydrogens (tertiary/aromatic N) is 1. The Morgan fingerprint density at radius 2 is 1.83 bits per heavy atom. The topological polar surface area (TPSA) is 15.3 Å².